The Hall–Kier alpha value is -0.0800. The van der Waals surface area contributed by atoms with Gasteiger partial charge in [-0.15, -0.1) is 0 Å². The van der Waals surface area contributed by atoms with Crippen LogP contribution in [-0.4, -0.2) is 30.6 Å². The van der Waals surface area contributed by atoms with Crippen LogP contribution in [0.15, 0.2) is 0 Å². The molecule has 2 heteroatoms. The molecule has 0 aliphatic heterocycles. The van der Waals surface area contributed by atoms with Crippen LogP contribution in [0, 0.1) is 22.7 Å². The molecule has 2 atom stereocenters. The summed E-state index contributed by atoms with van der Waals surface area (Å²) >= 11 is 0. The van der Waals surface area contributed by atoms with Crippen LogP contribution in [0.1, 0.15) is 67.7 Å². The van der Waals surface area contributed by atoms with Crippen LogP contribution >= 0.6 is 0 Å². The van der Waals surface area contributed by atoms with E-state index in [1.807, 2.05) is 0 Å². The highest BCUT2D eigenvalue weighted by Gasteiger charge is 2.42. The van der Waals surface area contributed by atoms with Crippen molar-refractivity contribution < 1.29 is 0 Å². The van der Waals surface area contributed by atoms with Gasteiger partial charge >= 0.3 is 0 Å². The molecule has 2 unspecified atom stereocenters. The normalized spacial score (nSPS) is 30.4. The summed E-state index contributed by atoms with van der Waals surface area (Å²) < 4.78 is 0. The fourth-order valence-corrected chi connectivity index (χ4v) is 4.30. The summed E-state index contributed by atoms with van der Waals surface area (Å²) in [5.41, 5.74) is 6.84. The van der Waals surface area contributed by atoms with E-state index in [-0.39, 0.29) is 0 Å². The Labute approximate surface area is 127 Å². The van der Waals surface area contributed by atoms with E-state index in [4.69, 9.17) is 5.73 Å². The minimum Gasteiger partial charge on any atom is -0.330 e. The molecule has 1 aliphatic carbocycles. The molecule has 0 amide bonds. The Morgan fingerprint density at radius 2 is 1.50 bits per heavy atom. The SMILES string of the molecule is CC(C)CN(CC(C)C)C1CC(C)(C)CC(C)(CN)C1. The van der Waals surface area contributed by atoms with Gasteiger partial charge in [0.15, 0.2) is 0 Å². The molecule has 2 N–H and O–H groups in total. The van der Waals surface area contributed by atoms with E-state index in [1.165, 1.54) is 32.4 Å². The smallest absolute Gasteiger partial charge is 0.0106 e. The highest BCUT2D eigenvalue weighted by atomic mass is 15.2. The van der Waals surface area contributed by atoms with Crippen molar-refractivity contribution >= 4 is 0 Å². The van der Waals surface area contributed by atoms with Crippen LogP contribution in [0.3, 0.4) is 0 Å². The van der Waals surface area contributed by atoms with E-state index in [1.54, 1.807) is 0 Å². The van der Waals surface area contributed by atoms with Crippen LogP contribution < -0.4 is 5.73 Å². The molecule has 0 bridgehead atoms. The molecule has 1 rings (SSSR count). The summed E-state index contributed by atoms with van der Waals surface area (Å²) in [7, 11) is 0. The van der Waals surface area contributed by atoms with Gasteiger partial charge in [0.05, 0.1) is 0 Å². The van der Waals surface area contributed by atoms with Crippen LogP contribution in [0.25, 0.3) is 0 Å². The van der Waals surface area contributed by atoms with Crippen LogP contribution in [0.2, 0.25) is 0 Å². The minimum atomic E-state index is 0.318. The Balaban J connectivity index is 2.87. The maximum atomic E-state index is 6.10. The fourth-order valence-electron chi connectivity index (χ4n) is 4.30. The molecule has 0 aromatic heterocycles. The molecular formula is C18H38N2. The summed E-state index contributed by atoms with van der Waals surface area (Å²) in [5, 5.41) is 0. The van der Waals surface area contributed by atoms with Gasteiger partial charge in [-0.25, -0.2) is 0 Å². The van der Waals surface area contributed by atoms with Crippen LogP contribution in [0.4, 0.5) is 0 Å². The summed E-state index contributed by atoms with van der Waals surface area (Å²) in [6.45, 7) is 19.9. The number of nitrogens with two attached hydrogens (primary N) is 1. The Bertz CT molecular complexity index is 286. The van der Waals surface area contributed by atoms with Gasteiger partial charge in [0.25, 0.3) is 0 Å². The number of hydrogen-bond donors (Lipinski definition) is 1. The lowest BCUT2D eigenvalue weighted by Crippen LogP contribution is -2.51. The number of rotatable bonds is 6. The van der Waals surface area contributed by atoms with Gasteiger partial charge < -0.3 is 5.73 Å². The molecule has 1 fully saturated rings. The van der Waals surface area contributed by atoms with Gasteiger partial charge in [-0.1, -0.05) is 48.5 Å². The van der Waals surface area contributed by atoms with Crippen molar-refractivity contribution in [1.29, 1.82) is 0 Å². The van der Waals surface area contributed by atoms with E-state index in [9.17, 15) is 0 Å². The first kappa shape index (κ1) is 18.0. The average molecular weight is 283 g/mol. The van der Waals surface area contributed by atoms with Gasteiger partial charge in [0.1, 0.15) is 0 Å². The third kappa shape index (κ3) is 5.37. The molecule has 1 aliphatic rings. The number of hydrogen-bond acceptors (Lipinski definition) is 2. The Morgan fingerprint density at radius 3 is 1.90 bits per heavy atom. The standard InChI is InChI=1S/C18H38N2/c1-14(2)10-20(11-15(3)4)16-8-17(5,6)12-18(7,9-16)13-19/h14-16H,8-13,19H2,1-7H3. The van der Waals surface area contributed by atoms with Gasteiger partial charge in [-0.05, 0) is 48.5 Å². The molecular weight excluding hydrogens is 244 g/mol. The maximum absolute atomic E-state index is 6.10. The first-order valence-electron chi connectivity index (χ1n) is 8.51. The summed E-state index contributed by atoms with van der Waals surface area (Å²) in [6, 6.07) is 0.706. The molecule has 0 spiro atoms. The van der Waals surface area contributed by atoms with Crippen molar-refractivity contribution in [2.24, 2.45) is 28.4 Å². The molecule has 120 valence electrons. The van der Waals surface area contributed by atoms with E-state index in [2.05, 4.69) is 53.4 Å². The molecule has 0 aromatic rings. The second-order valence-corrected chi connectivity index (χ2v) is 9.16. The van der Waals surface area contributed by atoms with Gasteiger partial charge in [-0.2, -0.15) is 0 Å². The van der Waals surface area contributed by atoms with Crippen molar-refractivity contribution in [3.8, 4) is 0 Å². The molecule has 2 nitrogen and oxygen atoms in total. The second kappa shape index (κ2) is 6.79. The molecule has 0 aromatic carbocycles. The molecule has 0 saturated heterocycles. The predicted octanol–water partition coefficient (Wildman–Crippen LogP) is 4.14. The van der Waals surface area contributed by atoms with Crippen LogP contribution in [0.5, 0.6) is 0 Å². The first-order chi connectivity index (χ1) is 9.07. The quantitative estimate of drug-likeness (QED) is 0.793. The zero-order valence-electron chi connectivity index (χ0n) is 15.0. The Kier molecular flexibility index (Phi) is 6.10. The van der Waals surface area contributed by atoms with Gasteiger partial charge in [0, 0.05) is 19.1 Å². The van der Waals surface area contributed by atoms with E-state index in [0.29, 0.717) is 16.9 Å². The Morgan fingerprint density at radius 1 is 1.00 bits per heavy atom. The van der Waals surface area contributed by atoms with Crippen molar-refractivity contribution in [3.63, 3.8) is 0 Å². The van der Waals surface area contributed by atoms with E-state index >= 15 is 0 Å². The van der Waals surface area contributed by atoms with Crippen molar-refractivity contribution in [2.45, 2.75) is 73.8 Å². The van der Waals surface area contributed by atoms with Gasteiger partial charge in [0.2, 0.25) is 0 Å². The lowest BCUT2D eigenvalue weighted by Gasteiger charge is -2.50. The molecule has 0 radical (unpaired) electrons. The van der Waals surface area contributed by atoms with Crippen molar-refractivity contribution in [3.05, 3.63) is 0 Å². The molecule has 0 heterocycles. The zero-order valence-corrected chi connectivity index (χ0v) is 15.0. The lowest BCUT2D eigenvalue weighted by molar-refractivity contribution is 0.0101. The molecule has 1 saturated carbocycles. The summed E-state index contributed by atoms with van der Waals surface area (Å²) in [5.74, 6) is 1.48. The molecule has 20 heavy (non-hydrogen) atoms. The topological polar surface area (TPSA) is 29.3 Å². The average Bonchev–Trinajstić information content (AvgIpc) is 2.24. The highest BCUT2D eigenvalue weighted by Crippen LogP contribution is 2.47. The van der Waals surface area contributed by atoms with E-state index in [0.717, 1.165) is 18.4 Å². The third-order valence-electron chi connectivity index (χ3n) is 4.63. The third-order valence-corrected chi connectivity index (χ3v) is 4.63. The fraction of sp³-hybridized carbons (Fsp3) is 1.00. The lowest BCUT2D eigenvalue weighted by atomic mass is 9.62. The van der Waals surface area contributed by atoms with Crippen LogP contribution in [-0.2, 0) is 0 Å². The number of nitrogens with zero attached hydrogens (tertiary/aromatic N) is 1. The highest BCUT2D eigenvalue weighted by molar-refractivity contribution is 4.96. The van der Waals surface area contributed by atoms with Crippen molar-refractivity contribution in [2.75, 3.05) is 19.6 Å². The monoisotopic (exact) mass is 282 g/mol. The van der Waals surface area contributed by atoms with Crippen molar-refractivity contribution in [1.82, 2.24) is 4.90 Å². The zero-order chi connectivity index (χ0) is 15.6. The first-order valence-corrected chi connectivity index (χ1v) is 8.51. The summed E-state index contributed by atoms with van der Waals surface area (Å²) in [4.78, 5) is 2.75. The maximum Gasteiger partial charge on any atom is 0.0106 e. The predicted molar refractivity (Wildman–Crippen MR) is 89.8 cm³/mol. The summed E-state index contributed by atoms with van der Waals surface area (Å²) in [6.07, 6.45) is 3.86. The largest absolute Gasteiger partial charge is 0.330 e. The second-order valence-electron chi connectivity index (χ2n) is 9.16. The van der Waals surface area contributed by atoms with Gasteiger partial charge in [-0.3, -0.25) is 4.90 Å². The minimum absolute atomic E-state index is 0.318. The van der Waals surface area contributed by atoms with E-state index < -0.39 is 0 Å².